The predicted octanol–water partition coefficient (Wildman–Crippen LogP) is 2.77. The normalized spacial score (nSPS) is 13.9. The molecule has 15 heavy (non-hydrogen) atoms. The minimum absolute atomic E-state index is 0.277. The molecule has 2 N–H and O–H groups in total. The van der Waals surface area contributed by atoms with Crippen LogP contribution in [0.2, 0.25) is 0 Å². The molecule has 0 fully saturated rings. The molecule has 1 atom stereocenters. The Balaban J connectivity index is 2.49. The van der Waals surface area contributed by atoms with Crippen LogP contribution in [0.25, 0.3) is 0 Å². The maximum Gasteiger partial charge on any atom is 0.0940 e. The maximum absolute atomic E-state index is 5.79. The van der Waals surface area contributed by atoms with Gasteiger partial charge in [0.05, 0.1) is 11.9 Å². The van der Waals surface area contributed by atoms with E-state index in [2.05, 4.69) is 43.1 Å². The standard InChI is InChI=1S/C13H20N2/c1-3-7-13(14)15-11(2)10-12-8-5-4-6-9-12/h4-6,8-9,11H,3,7,10H2,1-2H3,(H2,14,15). The zero-order valence-corrected chi connectivity index (χ0v) is 9.61. The Labute approximate surface area is 92.2 Å². The molecule has 0 amide bonds. The largest absolute Gasteiger partial charge is 0.387 e. The average Bonchev–Trinajstić information content (AvgIpc) is 2.19. The smallest absolute Gasteiger partial charge is 0.0940 e. The molecule has 2 heteroatoms. The fourth-order valence-electron chi connectivity index (χ4n) is 1.60. The van der Waals surface area contributed by atoms with Crippen LogP contribution in [0.15, 0.2) is 35.3 Å². The first-order valence-corrected chi connectivity index (χ1v) is 5.58. The van der Waals surface area contributed by atoms with Crippen molar-refractivity contribution in [2.75, 3.05) is 0 Å². The lowest BCUT2D eigenvalue weighted by atomic mass is 10.1. The van der Waals surface area contributed by atoms with Crippen LogP contribution in [-0.4, -0.2) is 11.9 Å². The zero-order chi connectivity index (χ0) is 11.1. The van der Waals surface area contributed by atoms with Gasteiger partial charge in [0.15, 0.2) is 0 Å². The summed E-state index contributed by atoms with van der Waals surface area (Å²) >= 11 is 0. The van der Waals surface area contributed by atoms with E-state index in [0.717, 1.165) is 25.1 Å². The molecule has 0 radical (unpaired) electrons. The first kappa shape index (κ1) is 11.8. The SMILES string of the molecule is CCCC(N)=NC(C)Cc1ccccc1. The third-order valence-electron chi connectivity index (χ3n) is 2.27. The van der Waals surface area contributed by atoms with Crippen LogP contribution in [0.4, 0.5) is 0 Å². The van der Waals surface area contributed by atoms with Gasteiger partial charge in [0.2, 0.25) is 0 Å². The molecule has 0 aliphatic rings. The van der Waals surface area contributed by atoms with Crippen molar-refractivity contribution in [3.05, 3.63) is 35.9 Å². The number of hydrogen-bond donors (Lipinski definition) is 1. The van der Waals surface area contributed by atoms with Crippen LogP contribution in [-0.2, 0) is 6.42 Å². The molecular formula is C13H20N2. The molecule has 0 saturated heterocycles. The van der Waals surface area contributed by atoms with Crippen molar-refractivity contribution in [3.63, 3.8) is 0 Å². The van der Waals surface area contributed by atoms with Gasteiger partial charge in [0.25, 0.3) is 0 Å². The van der Waals surface area contributed by atoms with Crippen molar-refractivity contribution in [1.29, 1.82) is 0 Å². The number of aliphatic imine (C=N–C) groups is 1. The second-order valence-corrected chi connectivity index (χ2v) is 3.91. The van der Waals surface area contributed by atoms with E-state index in [9.17, 15) is 0 Å². The maximum atomic E-state index is 5.79. The lowest BCUT2D eigenvalue weighted by Crippen LogP contribution is -2.16. The number of nitrogens with two attached hydrogens (primary N) is 1. The second kappa shape index (κ2) is 6.23. The molecule has 0 spiro atoms. The first-order chi connectivity index (χ1) is 7.22. The monoisotopic (exact) mass is 204 g/mol. The molecule has 2 nitrogen and oxygen atoms in total. The van der Waals surface area contributed by atoms with Crippen LogP contribution in [0.5, 0.6) is 0 Å². The van der Waals surface area contributed by atoms with Gasteiger partial charge < -0.3 is 5.73 Å². The third-order valence-corrected chi connectivity index (χ3v) is 2.27. The Bertz CT molecular complexity index is 304. The summed E-state index contributed by atoms with van der Waals surface area (Å²) in [6, 6.07) is 10.7. The van der Waals surface area contributed by atoms with E-state index in [0.29, 0.717) is 0 Å². The number of hydrogen-bond acceptors (Lipinski definition) is 1. The van der Waals surface area contributed by atoms with E-state index in [-0.39, 0.29) is 6.04 Å². The predicted molar refractivity (Wildman–Crippen MR) is 66.1 cm³/mol. The topological polar surface area (TPSA) is 38.4 Å². The van der Waals surface area contributed by atoms with E-state index in [1.54, 1.807) is 0 Å². The Hall–Kier alpha value is -1.31. The highest BCUT2D eigenvalue weighted by Crippen LogP contribution is 2.05. The highest BCUT2D eigenvalue weighted by molar-refractivity contribution is 5.80. The van der Waals surface area contributed by atoms with Gasteiger partial charge in [0.1, 0.15) is 0 Å². The summed E-state index contributed by atoms with van der Waals surface area (Å²) in [5.41, 5.74) is 7.11. The molecule has 1 unspecified atom stereocenters. The molecule has 0 bridgehead atoms. The van der Waals surface area contributed by atoms with E-state index in [1.165, 1.54) is 5.56 Å². The Morgan fingerprint density at radius 2 is 2.00 bits per heavy atom. The molecular weight excluding hydrogens is 184 g/mol. The molecule has 0 heterocycles. The number of benzene rings is 1. The lowest BCUT2D eigenvalue weighted by molar-refractivity contribution is 0.733. The zero-order valence-electron chi connectivity index (χ0n) is 9.61. The Kier molecular flexibility index (Phi) is 4.88. The number of nitrogens with zero attached hydrogens (tertiary/aromatic N) is 1. The fraction of sp³-hybridized carbons (Fsp3) is 0.462. The molecule has 0 saturated carbocycles. The summed E-state index contributed by atoms with van der Waals surface area (Å²) in [5.74, 6) is 0.779. The Morgan fingerprint density at radius 3 is 2.60 bits per heavy atom. The van der Waals surface area contributed by atoms with Gasteiger partial charge in [-0.2, -0.15) is 0 Å². The van der Waals surface area contributed by atoms with E-state index in [4.69, 9.17) is 5.73 Å². The average molecular weight is 204 g/mol. The molecule has 1 aromatic carbocycles. The number of rotatable bonds is 5. The van der Waals surface area contributed by atoms with Crippen molar-refractivity contribution in [2.45, 2.75) is 39.2 Å². The summed E-state index contributed by atoms with van der Waals surface area (Å²) in [5, 5.41) is 0. The lowest BCUT2D eigenvalue weighted by Gasteiger charge is -2.07. The van der Waals surface area contributed by atoms with Crippen molar-refractivity contribution in [2.24, 2.45) is 10.7 Å². The van der Waals surface area contributed by atoms with Crippen LogP contribution >= 0.6 is 0 Å². The molecule has 1 aromatic rings. The van der Waals surface area contributed by atoms with Gasteiger partial charge in [-0.25, -0.2) is 0 Å². The third kappa shape index (κ3) is 4.63. The second-order valence-electron chi connectivity index (χ2n) is 3.91. The van der Waals surface area contributed by atoms with Gasteiger partial charge >= 0.3 is 0 Å². The minimum atomic E-state index is 0.277. The van der Waals surface area contributed by atoms with Crippen LogP contribution in [0.1, 0.15) is 32.3 Å². The summed E-state index contributed by atoms with van der Waals surface area (Å²) in [6.45, 7) is 4.22. The van der Waals surface area contributed by atoms with Crippen LogP contribution < -0.4 is 5.73 Å². The van der Waals surface area contributed by atoms with Crippen molar-refractivity contribution in [3.8, 4) is 0 Å². The summed E-state index contributed by atoms with van der Waals surface area (Å²) in [6.07, 6.45) is 2.93. The van der Waals surface area contributed by atoms with Gasteiger partial charge in [0, 0.05) is 6.42 Å². The van der Waals surface area contributed by atoms with Gasteiger partial charge in [-0.15, -0.1) is 0 Å². The molecule has 0 aliphatic heterocycles. The van der Waals surface area contributed by atoms with Crippen LogP contribution in [0.3, 0.4) is 0 Å². The van der Waals surface area contributed by atoms with E-state index < -0.39 is 0 Å². The quantitative estimate of drug-likeness (QED) is 0.581. The fourth-order valence-corrected chi connectivity index (χ4v) is 1.60. The number of amidine groups is 1. The van der Waals surface area contributed by atoms with Gasteiger partial charge in [-0.1, -0.05) is 37.3 Å². The molecule has 0 aromatic heterocycles. The summed E-state index contributed by atoms with van der Waals surface area (Å²) in [7, 11) is 0. The van der Waals surface area contributed by atoms with Crippen molar-refractivity contribution >= 4 is 5.84 Å². The van der Waals surface area contributed by atoms with E-state index >= 15 is 0 Å². The van der Waals surface area contributed by atoms with Crippen molar-refractivity contribution in [1.82, 2.24) is 0 Å². The molecule has 1 rings (SSSR count). The van der Waals surface area contributed by atoms with Gasteiger partial charge in [-0.3, -0.25) is 4.99 Å². The minimum Gasteiger partial charge on any atom is -0.387 e. The molecule has 82 valence electrons. The Morgan fingerprint density at radius 1 is 1.33 bits per heavy atom. The summed E-state index contributed by atoms with van der Waals surface area (Å²) in [4.78, 5) is 4.46. The highest BCUT2D eigenvalue weighted by Gasteiger charge is 2.01. The molecule has 0 aliphatic carbocycles. The van der Waals surface area contributed by atoms with Crippen molar-refractivity contribution < 1.29 is 0 Å². The summed E-state index contributed by atoms with van der Waals surface area (Å²) < 4.78 is 0. The van der Waals surface area contributed by atoms with E-state index in [1.807, 2.05) is 6.07 Å². The highest BCUT2D eigenvalue weighted by atomic mass is 14.9. The van der Waals surface area contributed by atoms with Gasteiger partial charge in [-0.05, 0) is 25.3 Å². The van der Waals surface area contributed by atoms with Crippen LogP contribution in [0, 0.1) is 0 Å². The first-order valence-electron chi connectivity index (χ1n) is 5.58.